The summed E-state index contributed by atoms with van der Waals surface area (Å²) in [7, 11) is -3.45. The van der Waals surface area contributed by atoms with Gasteiger partial charge in [0.2, 0.25) is 0 Å². The van der Waals surface area contributed by atoms with Gasteiger partial charge in [0.1, 0.15) is 11.8 Å². The molecule has 96 valence electrons. The molecular weight excluding hydrogens is 260 g/mol. The summed E-state index contributed by atoms with van der Waals surface area (Å²) in [6, 6.07) is 11.8. The van der Waals surface area contributed by atoms with Crippen molar-refractivity contribution in [2.24, 2.45) is 0 Å². The molecule has 19 heavy (non-hydrogen) atoms. The van der Waals surface area contributed by atoms with Gasteiger partial charge in [-0.25, -0.2) is 13.4 Å². The summed E-state index contributed by atoms with van der Waals surface area (Å²) >= 11 is 0. The van der Waals surface area contributed by atoms with Gasteiger partial charge in [0.15, 0.2) is 9.84 Å². The van der Waals surface area contributed by atoms with Crippen molar-refractivity contribution in [1.82, 2.24) is 4.98 Å². The van der Waals surface area contributed by atoms with E-state index in [1.165, 1.54) is 6.20 Å². The minimum Gasteiger partial charge on any atom is -0.245 e. The molecule has 1 aromatic heterocycles. The molecule has 0 atom stereocenters. The maximum absolute atomic E-state index is 12.2. The first kappa shape index (κ1) is 13.2. The second-order valence-electron chi connectivity index (χ2n) is 4.20. The maximum atomic E-state index is 12.2. The van der Waals surface area contributed by atoms with Crippen LogP contribution in [0.15, 0.2) is 47.5 Å². The van der Waals surface area contributed by atoms with E-state index in [2.05, 4.69) is 4.98 Å². The average molecular weight is 272 g/mol. The number of hydrogen-bond donors (Lipinski definition) is 0. The van der Waals surface area contributed by atoms with Gasteiger partial charge in [-0.05, 0) is 25.1 Å². The molecule has 0 aliphatic rings. The average Bonchev–Trinajstić information content (AvgIpc) is 2.39. The van der Waals surface area contributed by atoms with E-state index in [1.807, 2.05) is 13.0 Å². The SMILES string of the molecule is Cc1ccc(S(=O)(=O)Cc2cccnc2C#N)cc1. The lowest BCUT2D eigenvalue weighted by atomic mass is 10.2. The summed E-state index contributed by atoms with van der Waals surface area (Å²) in [5.41, 5.74) is 1.57. The van der Waals surface area contributed by atoms with Crippen molar-refractivity contribution < 1.29 is 8.42 Å². The predicted molar refractivity (Wildman–Crippen MR) is 71.0 cm³/mol. The molecule has 0 bridgehead atoms. The van der Waals surface area contributed by atoms with Crippen molar-refractivity contribution in [2.45, 2.75) is 17.6 Å². The van der Waals surface area contributed by atoms with E-state index in [1.54, 1.807) is 36.4 Å². The van der Waals surface area contributed by atoms with Crippen LogP contribution in [0, 0.1) is 18.3 Å². The number of nitrogens with zero attached hydrogens (tertiary/aromatic N) is 2. The highest BCUT2D eigenvalue weighted by molar-refractivity contribution is 7.90. The van der Waals surface area contributed by atoms with E-state index in [4.69, 9.17) is 5.26 Å². The number of nitriles is 1. The van der Waals surface area contributed by atoms with Gasteiger partial charge in [-0.2, -0.15) is 5.26 Å². The molecule has 2 rings (SSSR count). The molecule has 1 heterocycles. The number of pyridine rings is 1. The van der Waals surface area contributed by atoms with Gasteiger partial charge in [-0.3, -0.25) is 0 Å². The van der Waals surface area contributed by atoms with Gasteiger partial charge in [-0.1, -0.05) is 23.8 Å². The van der Waals surface area contributed by atoms with E-state index >= 15 is 0 Å². The topological polar surface area (TPSA) is 70.8 Å². The fourth-order valence-electron chi connectivity index (χ4n) is 1.69. The van der Waals surface area contributed by atoms with E-state index in [9.17, 15) is 8.42 Å². The Morgan fingerprint density at radius 3 is 2.53 bits per heavy atom. The summed E-state index contributed by atoms with van der Waals surface area (Å²) < 4.78 is 24.5. The van der Waals surface area contributed by atoms with Gasteiger partial charge in [0.25, 0.3) is 0 Å². The molecule has 0 amide bonds. The lowest BCUT2D eigenvalue weighted by Gasteiger charge is -2.06. The van der Waals surface area contributed by atoms with Crippen molar-refractivity contribution in [2.75, 3.05) is 0 Å². The first-order valence-corrected chi connectivity index (χ1v) is 7.31. The van der Waals surface area contributed by atoms with Crippen LogP contribution in [0.5, 0.6) is 0 Å². The fraction of sp³-hybridized carbons (Fsp3) is 0.143. The Bertz CT molecular complexity index is 729. The number of benzene rings is 1. The number of sulfone groups is 1. The number of hydrogen-bond acceptors (Lipinski definition) is 4. The fourth-order valence-corrected chi connectivity index (χ4v) is 3.05. The Labute approximate surface area is 112 Å². The van der Waals surface area contributed by atoms with Crippen molar-refractivity contribution in [3.8, 4) is 6.07 Å². The van der Waals surface area contributed by atoms with Gasteiger partial charge in [0.05, 0.1) is 10.6 Å². The molecular formula is C14H12N2O2S. The van der Waals surface area contributed by atoms with Crippen molar-refractivity contribution in [3.63, 3.8) is 0 Å². The maximum Gasteiger partial charge on any atom is 0.182 e. The molecule has 0 N–H and O–H groups in total. The van der Waals surface area contributed by atoms with Gasteiger partial charge < -0.3 is 0 Å². The zero-order valence-corrected chi connectivity index (χ0v) is 11.2. The van der Waals surface area contributed by atoms with Crippen LogP contribution in [0.1, 0.15) is 16.8 Å². The van der Waals surface area contributed by atoms with E-state index in [0.29, 0.717) is 5.56 Å². The lowest BCUT2D eigenvalue weighted by Crippen LogP contribution is -2.07. The van der Waals surface area contributed by atoms with Crippen LogP contribution in [-0.4, -0.2) is 13.4 Å². The summed E-state index contributed by atoms with van der Waals surface area (Å²) in [6.07, 6.45) is 1.47. The standard InChI is InChI=1S/C14H12N2O2S/c1-11-4-6-13(7-5-11)19(17,18)10-12-3-2-8-16-14(12)9-15/h2-8H,10H2,1H3. The summed E-state index contributed by atoms with van der Waals surface area (Å²) in [5.74, 6) is -0.215. The van der Waals surface area contributed by atoms with E-state index in [0.717, 1.165) is 5.56 Å². The highest BCUT2D eigenvalue weighted by Gasteiger charge is 2.17. The normalized spacial score (nSPS) is 10.9. The van der Waals surface area contributed by atoms with Crippen LogP contribution in [0.3, 0.4) is 0 Å². The number of aromatic nitrogens is 1. The van der Waals surface area contributed by atoms with Crippen LogP contribution < -0.4 is 0 Å². The minimum absolute atomic E-state index is 0.151. The van der Waals surface area contributed by atoms with Crippen molar-refractivity contribution in [3.05, 3.63) is 59.4 Å². The first-order valence-electron chi connectivity index (χ1n) is 5.66. The van der Waals surface area contributed by atoms with Crippen LogP contribution in [-0.2, 0) is 15.6 Å². The molecule has 0 radical (unpaired) electrons. The molecule has 4 nitrogen and oxygen atoms in total. The van der Waals surface area contributed by atoms with Crippen LogP contribution >= 0.6 is 0 Å². The van der Waals surface area contributed by atoms with Crippen LogP contribution in [0.2, 0.25) is 0 Å². The lowest BCUT2D eigenvalue weighted by molar-refractivity contribution is 0.595. The molecule has 0 aliphatic carbocycles. The highest BCUT2D eigenvalue weighted by Crippen LogP contribution is 2.18. The molecule has 0 aliphatic heterocycles. The number of rotatable bonds is 3. The Morgan fingerprint density at radius 1 is 1.21 bits per heavy atom. The second kappa shape index (κ2) is 5.21. The Morgan fingerprint density at radius 2 is 1.89 bits per heavy atom. The van der Waals surface area contributed by atoms with E-state index < -0.39 is 9.84 Å². The Hall–Kier alpha value is -2.19. The summed E-state index contributed by atoms with van der Waals surface area (Å²) in [5, 5.41) is 8.91. The van der Waals surface area contributed by atoms with Gasteiger partial charge in [0, 0.05) is 11.8 Å². The second-order valence-corrected chi connectivity index (χ2v) is 6.18. The molecule has 1 aromatic carbocycles. The van der Waals surface area contributed by atoms with Crippen molar-refractivity contribution >= 4 is 9.84 Å². The van der Waals surface area contributed by atoms with Crippen LogP contribution in [0.4, 0.5) is 0 Å². The highest BCUT2D eigenvalue weighted by atomic mass is 32.2. The van der Waals surface area contributed by atoms with Gasteiger partial charge >= 0.3 is 0 Å². The number of aryl methyl sites for hydroxylation is 1. The van der Waals surface area contributed by atoms with Crippen LogP contribution in [0.25, 0.3) is 0 Å². The molecule has 0 unspecified atom stereocenters. The van der Waals surface area contributed by atoms with E-state index in [-0.39, 0.29) is 16.3 Å². The zero-order valence-electron chi connectivity index (χ0n) is 10.4. The molecule has 0 saturated carbocycles. The third-order valence-electron chi connectivity index (χ3n) is 2.72. The molecule has 0 saturated heterocycles. The summed E-state index contributed by atoms with van der Waals surface area (Å²) in [4.78, 5) is 4.12. The Balaban J connectivity index is 2.37. The third-order valence-corrected chi connectivity index (χ3v) is 4.40. The summed E-state index contributed by atoms with van der Waals surface area (Å²) in [6.45, 7) is 1.89. The molecule has 0 spiro atoms. The largest absolute Gasteiger partial charge is 0.245 e. The quantitative estimate of drug-likeness (QED) is 0.859. The first-order chi connectivity index (χ1) is 9.03. The predicted octanol–water partition coefficient (Wildman–Crippen LogP) is 2.24. The molecule has 2 aromatic rings. The zero-order chi connectivity index (χ0) is 13.9. The minimum atomic E-state index is -3.45. The Kier molecular flexibility index (Phi) is 3.63. The van der Waals surface area contributed by atoms with Gasteiger partial charge in [-0.15, -0.1) is 0 Å². The van der Waals surface area contributed by atoms with Crippen molar-refractivity contribution in [1.29, 1.82) is 5.26 Å². The monoisotopic (exact) mass is 272 g/mol. The molecule has 0 fully saturated rings. The smallest absolute Gasteiger partial charge is 0.182 e. The third kappa shape index (κ3) is 2.98. The molecule has 5 heteroatoms.